The summed E-state index contributed by atoms with van der Waals surface area (Å²) in [6.45, 7) is 2.38. The number of aromatic nitrogens is 2. The summed E-state index contributed by atoms with van der Waals surface area (Å²) in [5.74, 6) is 0. The zero-order chi connectivity index (χ0) is 23.5. The van der Waals surface area contributed by atoms with Gasteiger partial charge in [-0.05, 0) is 50.7 Å². The van der Waals surface area contributed by atoms with Crippen molar-refractivity contribution in [3.05, 3.63) is 60.2 Å². The van der Waals surface area contributed by atoms with Crippen LogP contribution in [-0.2, 0) is 25.9 Å². The topological polar surface area (TPSA) is 7.76 Å². The van der Waals surface area contributed by atoms with Crippen LogP contribution in [0.25, 0.3) is 0 Å². The lowest BCUT2D eigenvalue weighted by Crippen LogP contribution is -3.00. The largest absolute Gasteiger partial charge is 1.00 e. The lowest BCUT2D eigenvalue weighted by molar-refractivity contribution is -0.697. The summed E-state index contributed by atoms with van der Waals surface area (Å²) in [4.78, 5) is 0. The highest BCUT2D eigenvalue weighted by molar-refractivity contribution is 5.05. The zero-order valence-corrected chi connectivity index (χ0v) is 27.1. The molecule has 1 aliphatic rings. The van der Waals surface area contributed by atoms with Gasteiger partial charge in [0, 0.05) is 36.1 Å². The van der Waals surface area contributed by atoms with Gasteiger partial charge in [0.1, 0.15) is 13.1 Å². The molecule has 2 nitrogen and oxygen atoms in total. The van der Waals surface area contributed by atoms with Gasteiger partial charge in [0.05, 0.1) is 0 Å². The van der Waals surface area contributed by atoms with Gasteiger partial charge in [-0.25, -0.2) is 9.13 Å². The van der Waals surface area contributed by atoms with Crippen LogP contribution in [0.4, 0.5) is 0 Å². The molecular formula is C32H52I2N2. The first-order valence-corrected chi connectivity index (χ1v) is 14.9. The highest BCUT2D eigenvalue weighted by Crippen LogP contribution is 2.13. The van der Waals surface area contributed by atoms with Gasteiger partial charge >= 0.3 is 0 Å². The summed E-state index contributed by atoms with van der Waals surface area (Å²) in [5, 5.41) is 0. The molecule has 4 bridgehead atoms. The Balaban J connectivity index is 0.00000324. The standard InChI is InChI=1S/C32H52N2.2HI/c1-2-5-9-13-17-25-33-27-20-24-32(30-33)22-16-12-8-4-6-10-14-18-26-34-28-19-23-31(29-34)21-15-11-7-3-1;;/h19-20,23-24,27-30H,1-18,21-22,25-26H2;2*1H/q+2;;/p-2. The third-order valence-electron chi connectivity index (χ3n) is 7.60. The molecule has 4 heteroatoms. The smallest absolute Gasteiger partial charge is 0.171 e. The van der Waals surface area contributed by atoms with E-state index in [1.807, 2.05) is 0 Å². The quantitative estimate of drug-likeness (QED) is 0.292. The molecule has 0 spiro atoms. The van der Waals surface area contributed by atoms with Crippen molar-refractivity contribution in [3.8, 4) is 0 Å². The molecule has 36 heavy (non-hydrogen) atoms. The van der Waals surface area contributed by atoms with Crippen LogP contribution in [0, 0.1) is 0 Å². The van der Waals surface area contributed by atoms with Crippen molar-refractivity contribution in [1.82, 2.24) is 0 Å². The van der Waals surface area contributed by atoms with Gasteiger partial charge < -0.3 is 48.0 Å². The van der Waals surface area contributed by atoms with Crippen LogP contribution in [0.5, 0.6) is 0 Å². The van der Waals surface area contributed by atoms with E-state index in [1.54, 1.807) is 0 Å². The number of rotatable bonds is 0. The molecule has 0 aliphatic carbocycles. The maximum Gasteiger partial charge on any atom is 0.171 e. The van der Waals surface area contributed by atoms with Gasteiger partial charge in [0.15, 0.2) is 24.8 Å². The van der Waals surface area contributed by atoms with Gasteiger partial charge in [0.25, 0.3) is 0 Å². The first-order chi connectivity index (χ1) is 16.9. The maximum absolute atomic E-state index is 2.43. The maximum atomic E-state index is 2.43. The van der Waals surface area contributed by atoms with Crippen molar-refractivity contribution in [2.45, 2.75) is 142 Å². The Morgan fingerprint density at radius 2 is 0.694 bits per heavy atom. The van der Waals surface area contributed by atoms with Crippen molar-refractivity contribution in [2.75, 3.05) is 0 Å². The molecule has 2 aromatic heterocycles. The van der Waals surface area contributed by atoms with Crippen LogP contribution in [-0.4, -0.2) is 0 Å². The van der Waals surface area contributed by atoms with Crippen LogP contribution in [0.15, 0.2) is 49.1 Å². The minimum Gasteiger partial charge on any atom is -1.00 e. The molecule has 0 atom stereocenters. The predicted octanol–water partition coefficient (Wildman–Crippen LogP) is 2.09. The molecule has 0 saturated heterocycles. The molecule has 0 saturated carbocycles. The Kier molecular flexibility index (Phi) is 21.3. The summed E-state index contributed by atoms with van der Waals surface area (Å²) in [6.07, 6.45) is 36.9. The second kappa shape index (κ2) is 22.7. The monoisotopic (exact) mass is 718 g/mol. The fourth-order valence-electron chi connectivity index (χ4n) is 5.45. The van der Waals surface area contributed by atoms with Crippen molar-refractivity contribution >= 4 is 0 Å². The van der Waals surface area contributed by atoms with E-state index in [1.165, 1.54) is 153 Å². The van der Waals surface area contributed by atoms with E-state index < -0.39 is 0 Å². The molecule has 0 fully saturated rings. The van der Waals surface area contributed by atoms with E-state index in [9.17, 15) is 0 Å². The van der Waals surface area contributed by atoms with Crippen LogP contribution in [0.1, 0.15) is 127 Å². The van der Waals surface area contributed by atoms with Gasteiger partial charge in [-0.15, -0.1) is 0 Å². The van der Waals surface area contributed by atoms with Crippen LogP contribution >= 0.6 is 0 Å². The van der Waals surface area contributed by atoms with Crippen LogP contribution < -0.4 is 57.1 Å². The van der Waals surface area contributed by atoms with Crippen LogP contribution in [0.2, 0.25) is 0 Å². The zero-order valence-electron chi connectivity index (χ0n) is 22.8. The lowest BCUT2D eigenvalue weighted by Gasteiger charge is -2.05. The SMILES string of the molecule is [I-].[I-].c1cc2c[n+](c1)CCCCCCCCCCCCc1ccc[n+](c1)CCCCCCCCCC2. The summed E-state index contributed by atoms with van der Waals surface area (Å²) >= 11 is 0. The van der Waals surface area contributed by atoms with Crippen LogP contribution in [0.3, 0.4) is 0 Å². The Labute approximate surface area is 257 Å². The van der Waals surface area contributed by atoms with E-state index in [0.29, 0.717) is 0 Å². The molecule has 2 aromatic rings. The number of halogens is 2. The second-order valence-electron chi connectivity index (χ2n) is 10.8. The van der Waals surface area contributed by atoms with E-state index in [2.05, 4.69) is 58.2 Å². The highest BCUT2D eigenvalue weighted by atomic mass is 127. The predicted molar refractivity (Wildman–Crippen MR) is 144 cm³/mol. The average Bonchev–Trinajstić information content (AvgIpc) is 2.86. The summed E-state index contributed by atoms with van der Waals surface area (Å²) < 4.78 is 4.86. The van der Waals surface area contributed by atoms with Crippen molar-refractivity contribution in [2.24, 2.45) is 0 Å². The number of hydrogen-bond donors (Lipinski definition) is 0. The van der Waals surface area contributed by atoms with E-state index in [4.69, 9.17) is 0 Å². The first kappa shape index (κ1) is 33.8. The molecule has 0 amide bonds. The lowest BCUT2D eigenvalue weighted by atomic mass is 10.0. The second-order valence-corrected chi connectivity index (χ2v) is 10.8. The Bertz CT molecular complexity index is 715. The van der Waals surface area contributed by atoms with E-state index in [0.717, 1.165) is 0 Å². The molecule has 0 N–H and O–H groups in total. The number of fused-ring (bicyclic) bond motifs is 4. The molecule has 0 radical (unpaired) electrons. The van der Waals surface area contributed by atoms with Crippen molar-refractivity contribution in [1.29, 1.82) is 0 Å². The molecule has 3 rings (SSSR count). The molecule has 1 aliphatic heterocycles. The fourth-order valence-corrected chi connectivity index (χ4v) is 5.45. The van der Waals surface area contributed by atoms with Gasteiger partial charge in [-0.3, -0.25) is 0 Å². The van der Waals surface area contributed by atoms with Gasteiger partial charge in [-0.2, -0.15) is 0 Å². The minimum atomic E-state index is 0. The number of aryl methyl sites for hydroxylation is 4. The molecule has 0 aromatic carbocycles. The molecule has 0 unspecified atom stereocenters. The Morgan fingerprint density at radius 3 is 1.06 bits per heavy atom. The summed E-state index contributed by atoms with van der Waals surface area (Å²) in [5.41, 5.74) is 3.05. The number of nitrogens with zero attached hydrogens (tertiary/aromatic N) is 2. The summed E-state index contributed by atoms with van der Waals surface area (Å²) in [7, 11) is 0. The molecular weight excluding hydrogens is 666 g/mol. The third kappa shape index (κ3) is 15.9. The van der Waals surface area contributed by atoms with Gasteiger partial charge in [0.2, 0.25) is 0 Å². The minimum absolute atomic E-state index is 0. The van der Waals surface area contributed by atoms with Crippen molar-refractivity contribution < 1.29 is 57.1 Å². The van der Waals surface area contributed by atoms with E-state index >= 15 is 0 Å². The molecule has 204 valence electrons. The summed E-state index contributed by atoms with van der Waals surface area (Å²) in [6, 6.07) is 9.15. The number of hydrogen-bond acceptors (Lipinski definition) is 0. The first-order valence-electron chi connectivity index (χ1n) is 14.9. The molecule has 3 heterocycles. The van der Waals surface area contributed by atoms with E-state index in [-0.39, 0.29) is 48.0 Å². The highest BCUT2D eigenvalue weighted by Gasteiger charge is 2.05. The average molecular weight is 719 g/mol. The number of pyridine rings is 2. The van der Waals surface area contributed by atoms with Gasteiger partial charge in [-0.1, -0.05) is 77.0 Å². The normalized spacial score (nSPS) is 18.4. The van der Waals surface area contributed by atoms with Crippen molar-refractivity contribution in [3.63, 3.8) is 0 Å². The fraction of sp³-hybridized carbons (Fsp3) is 0.688. The Hall–Kier alpha value is -0.240. The Morgan fingerprint density at radius 1 is 0.389 bits per heavy atom. The third-order valence-corrected chi connectivity index (χ3v) is 7.60.